The van der Waals surface area contributed by atoms with Crippen molar-refractivity contribution in [3.05, 3.63) is 22.4 Å². The summed E-state index contributed by atoms with van der Waals surface area (Å²) < 4.78 is 0. The SMILES string of the molecule is CN(Cc1ccsc1)C(=O)CCN1C(=O)NC2(CCCC2)C1=O. The summed E-state index contributed by atoms with van der Waals surface area (Å²) in [4.78, 5) is 39.6. The van der Waals surface area contributed by atoms with Gasteiger partial charge >= 0.3 is 6.03 Å². The van der Waals surface area contributed by atoms with Crippen molar-refractivity contribution in [2.45, 2.75) is 44.2 Å². The van der Waals surface area contributed by atoms with Gasteiger partial charge < -0.3 is 10.2 Å². The summed E-state index contributed by atoms with van der Waals surface area (Å²) in [6.07, 6.45) is 3.50. The number of hydrogen-bond donors (Lipinski definition) is 1. The molecule has 124 valence electrons. The molecule has 0 unspecified atom stereocenters. The molecule has 1 aromatic rings. The van der Waals surface area contributed by atoms with Gasteiger partial charge in [-0.2, -0.15) is 11.3 Å². The predicted molar refractivity (Wildman–Crippen MR) is 86.9 cm³/mol. The number of urea groups is 1. The van der Waals surface area contributed by atoms with E-state index < -0.39 is 5.54 Å². The molecule has 7 heteroatoms. The lowest BCUT2D eigenvalue weighted by Crippen LogP contribution is -2.44. The van der Waals surface area contributed by atoms with Crippen LogP contribution in [-0.4, -0.2) is 46.8 Å². The third kappa shape index (κ3) is 3.10. The molecule has 2 fully saturated rings. The van der Waals surface area contributed by atoms with Crippen molar-refractivity contribution in [3.8, 4) is 0 Å². The highest BCUT2D eigenvalue weighted by molar-refractivity contribution is 7.07. The van der Waals surface area contributed by atoms with Crippen LogP contribution in [0.3, 0.4) is 0 Å². The van der Waals surface area contributed by atoms with Gasteiger partial charge in [0.2, 0.25) is 5.91 Å². The first-order chi connectivity index (χ1) is 11.0. The fraction of sp³-hybridized carbons (Fsp3) is 0.562. The van der Waals surface area contributed by atoms with Crippen LogP contribution in [0.4, 0.5) is 4.79 Å². The van der Waals surface area contributed by atoms with Gasteiger partial charge in [-0.3, -0.25) is 14.5 Å². The second-order valence-corrected chi connectivity index (χ2v) is 7.09. The minimum atomic E-state index is -0.692. The molecular formula is C16H21N3O3S. The standard InChI is InChI=1S/C16H21N3O3S/c1-18(10-12-5-9-23-11-12)13(20)4-8-19-14(21)16(17-15(19)22)6-2-3-7-16/h5,9,11H,2-4,6-8,10H2,1H3,(H,17,22). The first-order valence-corrected chi connectivity index (χ1v) is 8.85. The second kappa shape index (κ2) is 6.31. The zero-order chi connectivity index (χ0) is 16.4. The Kier molecular flexibility index (Phi) is 4.39. The van der Waals surface area contributed by atoms with Crippen LogP contribution in [0.15, 0.2) is 16.8 Å². The molecule has 1 saturated heterocycles. The maximum absolute atomic E-state index is 12.5. The van der Waals surface area contributed by atoms with Crippen LogP contribution >= 0.6 is 11.3 Å². The van der Waals surface area contributed by atoms with E-state index in [4.69, 9.17) is 0 Å². The first-order valence-electron chi connectivity index (χ1n) is 7.91. The highest BCUT2D eigenvalue weighted by Gasteiger charge is 2.52. The lowest BCUT2D eigenvalue weighted by atomic mass is 9.98. The second-order valence-electron chi connectivity index (χ2n) is 6.31. The third-order valence-corrected chi connectivity index (χ3v) is 5.41. The van der Waals surface area contributed by atoms with E-state index in [1.807, 2.05) is 16.8 Å². The average Bonchev–Trinajstić information content (AvgIpc) is 3.23. The molecule has 4 amide bonds. The molecule has 6 nitrogen and oxygen atoms in total. The molecule has 0 aromatic carbocycles. The number of nitrogens with one attached hydrogen (secondary N) is 1. The number of amides is 4. The fourth-order valence-corrected chi connectivity index (χ4v) is 4.00. The van der Waals surface area contributed by atoms with E-state index in [0.717, 1.165) is 18.4 Å². The normalized spacial score (nSPS) is 19.4. The molecule has 23 heavy (non-hydrogen) atoms. The van der Waals surface area contributed by atoms with Crippen LogP contribution in [0.25, 0.3) is 0 Å². The molecule has 1 spiro atoms. The number of carbonyl (C=O) groups is 3. The van der Waals surface area contributed by atoms with E-state index in [1.54, 1.807) is 23.3 Å². The Balaban J connectivity index is 1.54. The van der Waals surface area contributed by atoms with Crippen LogP contribution in [0.5, 0.6) is 0 Å². The Bertz CT molecular complexity index is 608. The molecule has 2 heterocycles. The first kappa shape index (κ1) is 16.0. The molecule has 0 radical (unpaired) electrons. The lowest BCUT2D eigenvalue weighted by molar-refractivity contribution is -0.133. The zero-order valence-electron chi connectivity index (χ0n) is 13.2. The van der Waals surface area contributed by atoms with E-state index in [1.165, 1.54) is 4.90 Å². The van der Waals surface area contributed by atoms with Gasteiger partial charge in [-0.1, -0.05) is 12.8 Å². The van der Waals surface area contributed by atoms with Gasteiger partial charge in [0.1, 0.15) is 5.54 Å². The van der Waals surface area contributed by atoms with E-state index in [-0.39, 0.29) is 30.8 Å². The minimum absolute atomic E-state index is 0.0656. The van der Waals surface area contributed by atoms with Crippen molar-refractivity contribution in [1.29, 1.82) is 0 Å². The largest absolute Gasteiger partial charge is 0.341 e. The Labute approximate surface area is 139 Å². The van der Waals surface area contributed by atoms with Crippen molar-refractivity contribution in [2.75, 3.05) is 13.6 Å². The molecular weight excluding hydrogens is 314 g/mol. The lowest BCUT2D eigenvalue weighted by Gasteiger charge is -2.21. The molecule has 1 N–H and O–H groups in total. The summed E-state index contributed by atoms with van der Waals surface area (Å²) in [6, 6.07) is 1.63. The number of thiophene rings is 1. The van der Waals surface area contributed by atoms with E-state index in [2.05, 4.69) is 5.32 Å². The van der Waals surface area contributed by atoms with Crippen LogP contribution in [0.2, 0.25) is 0 Å². The summed E-state index contributed by atoms with van der Waals surface area (Å²) in [5, 5.41) is 6.81. The van der Waals surface area contributed by atoms with Crippen molar-refractivity contribution >= 4 is 29.2 Å². The smallest absolute Gasteiger partial charge is 0.325 e. The van der Waals surface area contributed by atoms with Gasteiger partial charge in [-0.25, -0.2) is 4.79 Å². The zero-order valence-corrected chi connectivity index (χ0v) is 14.0. The third-order valence-electron chi connectivity index (χ3n) is 4.68. The highest BCUT2D eigenvalue weighted by atomic mass is 32.1. The van der Waals surface area contributed by atoms with E-state index in [9.17, 15) is 14.4 Å². The molecule has 0 bridgehead atoms. The van der Waals surface area contributed by atoms with Crippen LogP contribution in [-0.2, 0) is 16.1 Å². The molecule has 2 aliphatic rings. The number of hydrogen-bond acceptors (Lipinski definition) is 4. The van der Waals surface area contributed by atoms with Gasteiger partial charge in [-0.05, 0) is 35.2 Å². The van der Waals surface area contributed by atoms with Crippen LogP contribution < -0.4 is 5.32 Å². The van der Waals surface area contributed by atoms with Crippen LogP contribution in [0, 0.1) is 0 Å². The maximum Gasteiger partial charge on any atom is 0.325 e. The maximum atomic E-state index is 12.5. The molecule has 1 aromatic heterocycles. The quantitative estimate of drug-likeness (QED) is 0.836. The Morgan fingerprint density at radius 2 is 2.13 bits per heavy atom. The van der Waals surface area contributed by atoms with Gasteiger partial charge in [-0.15, -0.1) is 0 Å². The number of carbonyl (C=O) groups excluding carboxylic acids is 3. The van der Waals surface area contributed by atoms with E-state index in [0.29, 0.717) is 19.4 Å². The summed E-state index contributed by atoms with van der Waals surface area (Å²) in [5.41, 5.74) is 0.397. The summed E-state index contributed by atoms with van der Waals surface area (Å²) in [7, 11) is 1.74. The molecule has 1 saturated carbocycles. The number of imide groups is 1. The topological polar surface area (TPSA) is 69.7 Å². The Morgan fingerprint density at radius 3 is 2.78 bits per heavy atom. The van der Waals surface area contributed by atoms with E-state index >= 15 is 0 Å². The Hall–Kier alpha value is -1.89. The molecule has 1 aliphatic carbocycles. The molecule has 3 rings (SSSR count). The van der Waals surface area contributed by atoms with Crippen molar-refractivity contribution < 1.29 is 14.4 Å². The number of rotatable bonds is 5. The summed E-state index contributed by atoms with van der Waals surface area (Å²) in [5.74, 6) is -0.225. The molecule has 1 aliphatic heterocycles. The predicted octanol–water partition coefficient (Wildman–Crippen LogP) is 1.96. The van der Waals surface area contributed by atoms with Gasteiger partial charge in [0.15, 0.2) is 0 Å². The van der Waals surface area contributed by atoms with Crippen molar-refractivity contribution in [2.24, 2.45) is 0 Å². The van der Waals surface area contributed by atoms with Crippen molar-refractivity contribution in [1.82, 2.24) is 15.1 Å². The van der Waals surface area contributed by atoms with Gasteiger partial charge in [0.25, 0.3) is 5.91 Å². The van der Waals surface area contributed by atoms with Crippen LogP contribution in [0.1, 0.15) is 37.7 Å². The fourth-order valence-electron chi connectivity index (χ4n) is 3.34. The Morgan fingerprint density at radius 1 is 1.39 bits per heavy atom. The van der Waals surface area contributed by atoms with Gasteiger partial charge in [0, 0.05) is 26.6 Å². The molecule has 0 atom stereocenters. The van der Waals surface area contributed by atoms with Crippen molar-refractivity contribution in [3.63, 3.8) is 0 Å². The summed E-state index contributed by atoms with van der Waals surface area (Å²) >= 11 is 1.59. The minimum Gasteiger partial charge on any atom is -0.341 e. The average molecular weight is 335 g/mol. The summed E-state index contributed by atoms with van der Waals surface area (Å²) in [6.45, 7) is 0.700. The highest BCUT2D eigenvalue weighted by Crippen LogP contribution is 2.35. The van der Waals surface area contributed by atoms with Gasteiger partial charge in [0.05, 0.1) is 0 Å². The number of nitrogens with zero attached hydrogens (tertiary/aromatic N) is 2. The monoisotopic (exact) mass is 335 g/mol.